The van der Waals surface area contributed by atoms with Gasteiger partial charge in [-0.1, -0.05) is 0 Å². The lowest BCUT2D eigenvalue weighted by atomic mass is 13.9. The standard InChI is InChI=1S/Mg.H4NO3P.H2O.2H/c;1-5(2,3)4;;;/h;(H4,1,2,3,4);1H2;;. The number of nitrogens with two attached hydrogens (primary N) is 1. The Labute approximate surface area is 56.6 Å². The van der Waals surface area contributed by atoms with Gasteiger partial charge in [0.25, 0.3) is 0 Å². The molecular formula is H8MgNO4P. The maximum absolute atomic E-state index is 9.10. The first-order valence-corrected chi connectivity index (χ1v) is 2.52. The third kappa shape index (κ3) is 229. The lowest BCUT2D eigenvalue weighted by Gasteiger charge is -1.84. The molecule has 0 radical (unpaired) electrons. The second kappa shape index (κ2) is 4.98. The Bertz CT molecular complexity index is 57.8. The highest BCUT2D eigenvalue weighted by atomic mass is 31.2. The summed E-state index contributed by atoms with van der Waals surface area (Å²) in [6, 6.07) is 0. The van der Waals surface area contributed by atoms with E-state index in [1.807, 2.05) is 0 Å². The van der Waals surface area contributed by atoms with Gasteiger partial charge in [0.15, 0.2) is 0 Å². The van der Waals surface area contributed by atoms with Crippen LogP contribution in [0.5, 0.6) is 0 Å². The molecule has 0 fully saturated rings. The molecule has 7 heteroatoms. The molecule has 0 aromatic carbocycles. The third-order valence-corrected chi connectivity index (χ3v) is 0. The molecule has 0 heterocycles. The van der Waals surface area contributed by atoms with Crippen LogP contribution in [0.1, 0.15) is 0 Å². The zero-order valence-corrected chi connectivity index (χ0v) is 3.72. The van der Waals surface area contributed by atoms with E-state index in [0.717, 1.165) is 0 Å². The Hall–Kier alpha value is 0.836. The van der Waals surface area contributed by atoms with Gasteiger partial charge >= 0.3 is 30.8 Å². The molecule has 7 heavy (non-hydrogen) atoms. The Morgan fingerprint density at radius 3 is 1.43 bits per heavy atom. The zero-order valence-electron chi connectivity index (χ0n) is 2.83. The summed E-state index contributed by atoms with van der Waals surface area (Å²) in [4.78, 5) is 14.8. The van der Waals surface area contributed by atoms with E-state index in [9.17, 15) is 0 Å². The highest BCUT2D eigenvalue weighted by molar-refractivity contribution is 7.49. The topological polar surface area (TPSA) is 115 Å². The van der Waals surface area contributed by atoms with Crippen molar-refractivity contribution in [1.29, 1.82) is 0 Å². The molecule has 0 unspecified atom stereocenters. The highest BCUT2D eigenvalue weighted by Gasteiger charge is 1.96. The van der Waals surface area contributed by atoms with Crippen LogP contribution in [0.3, 0.4) is 0 Å². The van der Waals surface area contributed by atoms with Gasteiger partial charge in [0.2, 0.25) is 0 Å². The van der Waals surface area contributed by atoms with Gasteiger partial charge in [-0.15, -0.1) is 0 Å². The van der Waals surface area contributed by atoms with E-state index in [0.29, 0.717) is 0 Å². The first-order chi connectivity index (χ1) is 2.00. The minimum atomic E-state index is -4.14. The van der Waals surface area contributed by atoms with E-state index in [1.54, 1.807) is 0 Å². The summed E-state index contributed by atoms with van der Waals surface area (Å²) in [6.45, 7) is 0. The fourth-order valence-electron chi connectivity index (χ4n) is 0. The lowest BCUT2D eigenvalue weighted by Crippen LogP contribution is -1.87. The summed E-state index contributed by atoms with van der Waals surface area (Å²) in [5, 5.41) is 0. The molecule has 0 aliphatic carbocycles. The van der Waals surface area contributed by atoms with Crippen molar-refractivity contribution in [2.75, 3.05) is 0 Å². The van der Waals surface area contributed by atoms with E-state index in [4.69, 9.17) is 14.4 Å². The number of hydrogen-bond donors (Lipinski definition) is 3. The van der Waals surface area contributed by atoms with E-state index in [-0.39, 0.29) is 28.5 Å². The van der Waals surface area contributed by atoms with Crippen LogP contribution >= 0.6 is 7.75 Å². The molecule has 6 N–H and O–H groups in total. The van der Waals surface area contributed by atoms with E-state index in [1.165, 1.54) is 0 Å². The molecule has 0 atom stereocenters. The van der Waals surface area contributed by atoms with Crippen LogP contribution in [0.15, 0.2) is 0 Å². The maximum Gasteiger partial charge on any atom is 0.397 e. The minimum absolute atomic E-state index is 0. The lowest BCUT2D eigenvalue weighted by molar-refractivity contribution is 0.374. The van der Waals surface area contributed by atoms with Crippen molar-refractivity contribution in [2.45, 2.75) is 0 Å². The summed E-state index contributed by atoms with van der Waals surface area (Å²) in [5.74, 6) is 0. The average Bonchev–Trinajstić information content (AvgIpc) is 0.722. The van der Waals surface area contributed by atoms with E-state index >= 15 is 0 Å². The summed E-state index contributed by atoms with van der Waals surface area (Å²) in [5.41, 5.74) is 4.02. The van der Waals surface area contributed by atoms with Crippen LogP contribution in [-0.4, -0.2) is 38.3 Å². The minimum Gasteiger partial charge on any atom is -0.412 e. The molecular weight excluding hydrogens is 133 g/mol. The van der Waals surface area contributed by atoms with Crippen molar-refractivity contribution in [3.8, 4) is 0 Å². The molecule has 0 bridgehead atoms. The Morgan fingerprint density at radius 2 is 1.43 bits per heavy atom. The van der Waals surface area contributed by atoms with Gasteiger partial charge in [0, 0.05) is 0 Å². The number of rotatable bonds is 0. The van der Waals surface area contributed by atoms with Crippen LogP contribution in [0, 0.1) is 0 Å². The molecule has 0 amide bonds. The van der Waals surface area contributed by atoms with Crippen LogP contribution in [-0.2, 0) is 4.57 Å². The molecule has 0 aliphatic rings. The zero-order chi connectivity index (χ0) is 4.50. The van der Waals surface area contributed by atoms with Crippen molar-refractivity contribution in [1.82, 2.24) is 0 Å². The Balaban J connectivity index is -0.0000000800. The van der Waals surface area contributed by atoms with Gasteiger partial charge in [-0.25, -0.2) is 10.1 Å². The summed E-state index contributed by atoms with van der Waals surface area (Å²) in [6.07, 6.45) is 0. The van der Waals surface area contributed by atoms with Gasteiger partial charge in [0.05, 0.1) is 0 Å². The predicted octanol–water partition coefficient (Wildman–Crippen LogP) is -2.70. The van der Waals surface area contributed by atoms with Crippen molar-refractivity contribution in [3.63, 3.8) is 0 Å². The molecule has 0 saturated carbocycles. The summed E-state index contributed by atoms with van der Waals surface area (Å²) < 4.78 is 9.10. The second-order valence-electron chi connectivity index (χ2n) is 0.589. The van der Waals surface area contributed by atoms with E-state index < -0.39 is 7.75 Å². The summed E-state index contributed by atoms with van der Waals surface area (Å²) in [7, 11) is -4.14. The van der Waals surface area contributed by atoms with Crippen LogP contribution in [0.2, 0.25) is 0 Å². The first-order valence-electron chi connectivity index (χ1n) is 0.841. The molecule has 0 aromatic rings. The molecule has 0 aromatic heterocycles. The van der Waals surface area contributed by atoms with Gasteiger partial charge in [-0.2, -0.15) is 0 Å². The van der Waals surface area contributed by atoms with Crippen molar-refractivity contribution >= 4 is 30.8 Å². The average molecular weight is 141 g/mol. The summed E-state index contributed by atoms with van der Waals surface area (Å²) >= 11 is 0. The molecule has 0 spiro atoms. The monoisotopic (exact) mass is 141 g/mol. The maximum atomic E-state index is 9.10. The molecule has 0 saturated heterocycles. The quantitative estimate of drug-likeness (QED) is 0.251. The molecule has 0 rings (SSSR count). The Morgan fingerprint density at radius 1 is 1.43 bits per heavy atom. The molecule has 44 valence electrons. The van der Waals surface area contributed by atoms with Crippen LogP contribution in [0.4, 0.5) is 0 Å². The highest BCUT2D eigenvalue weighted by Crippen LogP contribution is 2.20. The first kappa shape index (κ1) is 15.7. The molecule has 0 aliphatic heterocycles. The van der Waals surface area contributed by atoms with Crippen LogP contribution < -0.4 is 5.50 Å². The fraction of sp³-hybridized carbons (Fsp3) is 0. The number of hydrogen-bond acceptors (Lipinski definition) is 1. The van der Waals surface area contributed by atoms with Gasteiger partial charge in [-0.3, -0.25) is 0 Å². The van der Waals surface area contributed by atoms with Gasteiger partial charge in [-0.05, 0) is 0 Å². The Kier molecular flexibility index (Phi) is 11.1. The fourth-order valence-corrected chi connectivity index (χ4v) is 0. The largest absolute Gasteiger partial charge is 0.412 e. The van der Waals surface area contributed by atoms with Crippen molar-refractivity contribution < 1.29 is 19.8 Å². The smallest absolute Gasteiger partial charge is 0.397 e. The predicted molar refractivity (Wildman–Crippen MR) is 28.4 cm³/mol. The van der Waals surface area contributed by atoms with Crippen molar-refractivity contribution in [3.05, 3.63) is 0 Å². The normalized spacial score (nSPS) is 8.43. The SMILES string of the molecule is NP(=O)(O)O.O.[MgH2]. The van der Waals surface area contributed by atoms with Gasteiger partial charge in [0.1, 0.15) is 0 Å². The van der Waals surface area contributed by atoms with E-state index in [2.05, 4.69) is 5.50 Å². The van der Waals surface area contributed by atoms with Gasteiger partial charge < -0.3 is 15.3 Å². The second-order valence-corrected chi connectivity index (χ2v) is 1.77. The third-order valence-electron chi connectivity index (χ3n) is 0. The van der Waals surface area contributed by atoms with Crippen LogP contribution in [0.25, 0.3) is 0 Å². The molecule has 5 nitrogen and oxygen atoms in total. The van der Waals surface area contributed by atoms with Crippen molar-refractivity contribution in [2.24, 2.45) is 5.50 Å².